The zero-order valence-corrected chi connectivity index (χ0v) is 16.9. The summed E-state index contributed by atoms with van der Waals surface area (Å²) in [4.78, 5) is 12.4. The minimum atomic E-state index is -0.0697. The van der Waals surface area contributed by atoms with Crippen molar-refractivity contribution in [1.29, 1.82) is 0 Å². The molecule has 146 valence electrons. The van der Waals surface area contributed by atoms with Crippen LogP contribution in [0, 0.1) is 0 Å². The number of thioether (sulfide) groups is 1. The highest BCUT2D eigenvalue weighted by Crippen LogP contribution is 2.33. The molecule has 1 heterocycles. The normalized spacial score (nSPS) is 16.2. The molecule has 0 bridgehead atoms. The molecule has 1 aromatic heterocycles. The second-order valence-corrected chi connectivity index (χ2v) is 8.31. The summed E-state index contributed by atoms with van der Waals surface area (Å²) in [5.74, 6) is 1.34. The van der Waals surface area contributed by atoms with Gasteiger partial charge in [-0.05, 0) is 36.1 Å². The monoisotopic (exact) mass is 395 g/mol. The van der Waals surface area contributed by atoms with Gasteiger partial charge < -0.3 is 9.73 Å². The Kier molecular flexibility index (Phi) is 5.95. The van der Waals surface area contributed by atoms with E-state index in [1.54, 1.807) is 0 Å². The molecule has 0 radical (unpaired) electrons. The van der Waals surface area contributed by atoms with E-state index >= 15 is 0 Å². The van der Waals surface area contributed by atoms with Crippen LogP contribution in [0.1, 0.15) is 62.4 Å². The van der Waals surface area contributed by atoms with Crippen molar-refractivity contribution in [3.63, 3.8) is 0 Å². The Morgan fingerprint density at radius 3 is 2.79 bits per heavy atom. The molecule has 4 rings (SSSR count). The van der Waals surface area contributed by atoms with Crippen molar-refractivity contribution in [3.05, 3.63) is 53.9 Å². The molecule has 28 heavy (non-hydrogen) atoms. The largest absolute Gasteiger partial charge is 0.416 e. The minimum Gasteiger partial charge on any atom is -0.416 e. The molecule has 2 aromatic carbocycles. The van der Waals surface area contributed by atoms with Crippen LogP contribution in [0.4, 0.5) is 0 Å². The molecule has 0 aliphatic heterocycles. The van der Waals surface area contributed by atoms with Gasteiger partial charge in [0.1, 0.15) is 0 Å². The van der Waals surface area contributed by atoms with Crippen LogP contribution < -0.4 is 5.32 Å². The first-order valence-electron chi connectivity index (χ1n) is 9.94. The first kappa shape index (κ1) is 19.0. The van der Waals surface area contributed by atoms with Gasteiger partial charge in [0.05, 0.1) is 11.8 Å². The maximum atomic E-state index is 12.4. The van der Waals surface area contributed by atoms with Gasteiger partial charge in [-0.2, -0.15) is 0 Å². The van der Waals surface area contributed by atoms with Crippen LogP contribution in [0.5, 0.6) is 0 Å². The Morgan fingerprint density at radius 2 is 1.93 bits per heavy atom. The summed E-state index contributed by atoms with van der Waals surface area (Å²) in [6, 6.07) is 14.3. The average Bonchev–Trinajstić information content (AvgIpc) is 3.21. The summed E-state index contributed by atoms with van der Waals surface area (Å²) in [5.41, 5.74) is 1.12. The van der Waals surface area contributed by atoms with Gasteiger partial charge in [0.25, 0.3) is 5.22 Å². The topological polar surface area (TPSA) is 68.0 Å². The highest BCUT2D eigenvalue weighted by molar-refractivity contribution is 7.99. The zero-order valence-electron chi connectivity index (χ0n) is 16.1. The van der Waals surface area contributed by atoms with E-state index in [1.807, 2.05) is 25.1 Å². The van der Waals surface area contributed by atoms with Gasteiger partial charge in [-0.15, -0.1) is 10.2 Å². The number of benzene rings is 2. The van der Waals surface area contributed by atoms with Crippen LogP contribution in [-0.4, -0.2) is 21.9 Å². The fourth-order valence-corrected chi connectivity index (χ4v) is 4.49. The van der Waals surface area contributed by atoms with Crippen molar-refractivity contribution < 1.29 is 9.21 Å². The Labute approximate surface area is 169 Å². The summed E-state index contributed by atoms with van der Waals surface area (Å²) in [6.45, 7) is 2.01. The van der Waals surface area contributed by atoms with Crippen molar-refractivity contribution in [1.82, 2.24) is 15.5 Å². The molecule has 3 aromatic rings. The smallest absolute Gasteiger partial charge is 0.277 e. The highest BCUT2D eigenvalue weighted by Gasteiger charge is 2.22. The van der Waals surface area contributed by atoms with Crippen LogP contribution in [0.25, 0.3) is 10.8 Å². The second kappa shape index (κ2) is 8.78. The first-order valence-corrected chi connectivity index (χ1v) is 10.9. The summed E-state index contributed by atoms with van der Waals surface area (Å²) >= 11 is 1.30. The number of rotatable bonds is 6. The van der Waals surface area contributed by atoms with Gasteiger partial charge in [-0.3, -0.25) is 4.79 Å². The molecule has 1 saturated carbocycles. The molecular formula is C22H25N3O2S. The fourth-order valence-electron chi connectivity index (χ4n) is 3.91. The standard InChI is InChI=1S/C22H25N3O2S/c1-15(18-13-7-11-16-8-5-6-12-19(16)18)23-20(26)14-28-22-25-24-21(27-22)17-9-3-2-4-10-17/h5-8,11-13,15,17H,2-4,9-10,14H2,1H3,(H,23,26)/t15-/m0/s1. The summed E-state index contributed by atoms with van der Waals surface area (Å²) < 4.78 is 5.78. The number of carbonyl (C=O) groups is 1. The average molecular weight is 396 g/mol. The van der Waals surface area contributed by atoms with Gasteiger partial charge in [0, 0.05) is 5.92 Å². The lowest BCUT2D eigenvalue weighted by molar-refractivity contribution is -0.119. The Bertz CT molecular complexity index is 944. The molecule has 5 nitrogen and oxygen atoms in total. The predicted molar refractivity (Wildman–Crippen MR) is 111 cm³/mol. The van der Waals surface area contributed by atoms with E-state index in [1.165, 1.54) is 41.8 Å². The van der Waals surface area contributed by atoms with Gasteiger partial charge in [-0.1, -0.05) is 73.5 Å². The Morgan fingerprint density at radius 1 is 1.14 bits per heavy atom. The highest BCUT2D eigenvalue weighted by atomic mass is 32.2. The molecule has 1 fully saturated rings. The van der Waals surface area contributed by atoms with Crippen molar-refractivity contribution in [2.45, 2.75) is 56.2 Å². The lowest BCUT2D eigenvalue weighted by atomic mass is 9.89. The van der Waals surface area contributed by atoms with Crippen LogP contribution in [-0.2, 0) is 4.79 Å². The summed E-state index contributed by atoms with van der Waals surface area (Å²) in [7, 11) is 0. The summed E-state index contributed by atoms with van der Waals surface area (Å²) in [6.07, 6.45) is 5.99. The van der Waals surface area contributed by atoms with Gasteiger partial charge >= 0.3 is 0 Å². The Hall–Kier alpha value is -2.34. The molecule has 0 unspecified atom stereocenters. The number of hydrogen-bond acceptors (Lipinski definition) is 5. The maximum absolute atomic E-state index is 12.4. The second-order valence-electron chi connectivity index (χ2n) is 7.39. The van der Waals surface area contributed by atoms with Gasteiger partial charge in [0.15, 0.2) is 0 Å². The van der Waals surface area contributed by atoms with Crippen LogP contribution >= 0.6 is 11.8 Å². The number of fused-ring (bicyclic) bond motifs is 1. The summed E-state index contributed by atoms with van der Waals surface area (Å²) in [5, 5.41) is 14.2. The third kappa shape index (κ3) is 4.38. The van der Waals surface area contributed by atoms with E-state index in [2.05, 4.69) is 39.8 Å². The quantitative estimate of drug-likeness (QED) is 0.578. The molecule has 1 amide bonds. The molecule has 6 heteroatoms. The first-order chi connectivity index (χ1) is 13.7. The van der Waals surface area contributed by atoms with Crippen LogP contribution in [0.3, 0.4) is 0 Å². The van der Waals surface area contributed by atoms with Crippen molar-refractivity contribution in [2.24, 2.45) is 0 Å². The third-order valence-corrected chi connectivity index (χ3v) is 6.19. The number of aromatic nitrogens is 2. The number of nitrogens with zero attached hydrogens (tertiary/aromatic N) is 2. The number of amides is 1. The molecular weight excluding hydrogens is 370 g/mol. The maximum Gasteiger partial charge on any atom is 0.277 e. The fraction of sp³-hybridized carbons (Fsp3) is 0.409. The number of nitrogens with one attached hydrogen (secondary N) is 1. The van der Waals surface area contributed by atoms with Gasteiger partial charge in [0.2, 0.25) is 11.8 Å². The van der Waals surface area contributed by atoms with E-state index in [4.69, 9.17) is 4.42 Å². The molecule has 1 atom stereocenters. The Balaban J connectivity index is 1.33. The number of hydrogen-bond donors (Lipinski definition) is 1. The number of carbonyl (C=O) groups excluding carboxylic acids is 1. The lowest BCUT2D eigenvalue weighted by Gasteiger charge is -2.17. The molecule has 0 saturated heterocycles. The molecule has 1 aliphatic carbocycles. The zero-order chi connectivity index (χ0) is 19.3. The minimum absolute atomic E-state index is 0.0390. The molecule has 1 aliphatic rings. The van der Waals surface area contributed by atoms with Crippen LogP contribution in [0.15, 0.2) is 52.1 Å². The predicted octanol–water partition coefficient (Wildman–Crippen LogP) is 5.24. The van der Waals surface area contributed by atoms with Crippen molar-refractivity contribution in [3.8, 4) is 0 Å². The van der Waals surface area contributed by atoms with E-state index in [-0.39, 0.29) is 17.7 Å². The van der Waals surface area contributed by atoms with Gasteiger partial charge in [-0.25, -0.2) is 0 Å². The molecule has 0 spiro atoms. The molecule has 1 N–H and O–H groups in total. The van der Waals surface area contributed by atoms with Crippen LogP contribution in [0.2, 0.25) is 0 Å². The van der Waals surface area contributed by atoms with E-state index in [0.717, 1.165) is 24.3 Å². The third-order valence-electron chi connectivity index (χ3n) is 5.37. The lowest BCUT2D eigenvalue weighted by Crippen LogP contribution is -2.28. The SMILES string of the molecule is C[C@H](NC(=O)CSc1nnc(C2CCCCC2)o1)c1cccc2ccccc12. The van der Waals surface area contributed by atoms with E-state index in [9.17, 15) is 4.79 Å². The van der Waals surface area contributed by atoms with E-state index in [0.29, 0.717) is 11.1 Å². The van der Waals surface area contributed by atoms with Crippen molar-refractivity contribution in [2.75, 3.05) is 5.75 Å². The van der Waals surface area contributed by atoms with Crippen molar-refractivity contribution >= 4 is 28.4 Å². The van der Waals surface area contributed by atoms with E-state index < -0.39 is 0 Å².